The van der Waals surface area contributed by atoms with E-state index in [9.17, 15) is 12.8 Å². The van der Waals surface area contributed by atoms with E-state index in [4.69, 9.17) is 11.6 Å². The third-order valence-electron chi connectivity index (χ3n) is 1.96. The van der Waals surface area contributed by atoms with Crippen molar-refractivity contribution in [3.63, 3.8) is 0 Å². The molecule has 0 unspecified atom stereocenters. The molecule has 94 valence electrons. The molecule has 2 aromatic rings. The Kier molecular flexibility index (Phi) is 3.44. The number of aromatic nitrogens is 2. The van der Waals surface area contributed by atoms with Crippen molar-refractivity contribution in [3.8, 4) is 0 Å². The average molecular weight is 288 g/mol. The summed E-state index contributed by atoms with van der Waals surface area (Å²) in [5.74, 6) is -0.924. The molecule has 0 spiro atoms. The monoisotopic (exact) mass is 287 g/mol. The zero-order chi connectivity index (χ0) is 13.2. The van der Waals surface area contributed by atoms with E-state index < -0.39 is 20.9 Å². The van der Waals surface area contributed by atoms with Crippen molar-refractivity contribution < 1.29 is 12.8 Å². The van der Waals surface area contributed by atoms with Crippen LogP contribution in [0.15, 0.2) is 41.7 Å². The number of rotatable bonds is 3. The van der Waals surface area contributed by atoms with Crippen molar-refractivity contribution in [2.45, 2.75) is 5.03 Å². The Balaban J connectivity index is 2.33. The maximum atomic E-state index is 13.3. The maximum Gasteiger partial charge on any atom is 0.282 e. The molecule has 0 radical (unpaired) electrons. The molecule has 18 heavy (non-hydrogen) atoms. The molecular formula is C10H7ClFN3O2S. The molecule has 2 rings (SSSR count). The molecule has 0 aliphatic rings. The van der Waals surface area contributed by atoms with Gasteiger partial charge in [0.2, 0.25) is 5.03 Å². The normalized spacial score (nSPS) is 11.2. The van der Waals surface area contributed by atoms with E-state index in [-0.39, 0.29) is 10.8 Å². The number of pyridine rings is 2. The molecule has 0 fully saturated rings. The van der Waals surface area contributed by atoms with Crippen LogP contribution >= 0.6 is 11.6 Å². The third-order valence-corrected chi connectivity index (χ3v) is 3.50. The van der Waals surface area contributed by atoms with E-state index in [1.807, 2.05) is 0 Å². The minimum Gasteiger partial charge on any atom is -0.277 e. The van der Waals surface area contributed by atoms with Crippen molar-refractivity contribution in [3.05, 3.63) is 47.6 Å². The van der Waals surface area contributed by atoms with Gasteiger partial charge in [-0.25, -0.2) is 14.4 Å². The summed E-state index contributed by atoms with van der Waals surface area (Å²) in [5.41, 5.74) is 0.171. The van der Waals surface area contributed by atoms with Crippen molar-refractivity contribution in [1.82, 2.24) is 9.97 Å². The van der Waals surface area contributed by atoms with Gasteiger partial charge in [-0.15, -0.1) is 0 Å². The van der Waals surface area contributed by atoms with E-state index in [1.54, 1.807) is 0 Å². The highest BCUT2D eigenvalue weighted by Gasteiger charge is 2.20. The van der Waals surface area contributed by atoms with Crippen molar-refractivity contribution >= 4 is 27.3 Å². The second-order valence-corrected chi connectivity index (χ2v) is 5.25. The highest BCUT2D eigenvalue weighted by Crippen LogP contribution is 2.16. The highest BCUT2D eigenvalue weighted by atomic mass is 35.5. The molecule has 0 aromatic carbocycles. The lowest BCUT2D eigenvalue weighted by atomic mass is 10.4. The molecule has 2 aromatic heterocycles. The van der Waals surface area contributed by atoms with Gasteiger partial charge in [-0.3, -0.25) is 4.72 Å². The number of anilines is 1. The lowest BCUT2D eigenvalue weighted by Crippen LogP contribution is -2.16. The standard InChI is InChI=1S/C10H7ClFN3O2S/c11-9-4-3-7(6-14-9)15-18(16,17)10-8(12)2-1-5-13-10/h1-6,15H. The van der Waals surface area contributed by atoms with Crippen LogP contribution in [0.1, 0.15) is 0 Å². The van der Waals surface area contributed by atoms with Gasteiger partial charge >= 0.3 is 0 Å². The van der Waals surface area contributed by atoms with Crippen LogP contribution in [0.4, 0.5) is 10.1 Å². The van der Waals surface area contributed by atoms with E-state index in [2.05, 4.69) is 14.7 Å². The number of sulfonamides is 1. The summed E-state index contributed by atoms with van der Waals surface area (Å²) < 4.78 is 39.2. The van der Waals surface area contributed by atoms with Crippen LogP contribution in [0.25, 0.3) is 0 Å². The Morgan fingerprint density at radius 3 is 2.61 bits per heavy atom. The van der Waals surface area contributed by atoms with Crippen LogP contribution in [0, 0.1) is 5.82 Å². The second kappa shape index (κ2) is 4.87. The Morgan fingerprint density at radius 1 is 1.22 bits per heavy atom. The zero-order valence-corrected chi connectivity index (χ0v) is 10.4. The number of nitrogens with one attached hydrogen (secondary N) is 1. The molecule has 8 heteroatoms. The van der Waals surface area contributed by atoms with E-state index in [1.165, 1.54) is 30.6 Å². The molecule has 0 amide bonds. The van der Waals surface area contributed by atoms with Crippen LogP contribution < -0.4 is 4.72 Å². The molecule has 0 saturated carbocycles. The second-order valence-electron chi connectivity index (χ2n) is 3.27. The first-order valence-electron chi connectivity index (χ1n) is 4.74. The van der Waals surface area contributed by atoms with Crippen LogP contribution in [0.3, 0.4) is 0 Å². The first-order valence-corrected chi connectivity index (χ1v) is 6.60. The van der Waals surface area contributed by atoms with Gasteiger partial charge in [0, 0.05) is 6.20 Å². The van der Waals surface area contributed by atoms with Gasteiger partial charge < -0.3 is 0 Å². The molecule has 0 saturated heterocycles. The number of halogens is 2. The van der Waals surface area contributed by atoms with Gasteiger partial charge in [0.1, 0.15) is 5.15 Å². The summed E-state index contributed by atoms with van der Waals surface area (Å²) in [5, 5.41) is -0.443. The van der Waals surface area contributed by atoms with E-state index >= 15 is 0 Å². The molecule has 5 nitrogen and oxygen atoms in total. The number of hydrogen-bond donors (Lipinski definition) is 1. The summed E-state index contributed by atoms with van der Waals surface area (Å²) in [4.78, 5) is 7.20. The number of nitrogens with zero attached hydrogens (tertiary/aromatic N) is 2. The first kappa shape index (κ1) is 12.7. The number of hydrogen-bond acceptors (Lipinski definition) is 4. The Labute approximate surface area is 108 Å². The summed E-state index contributed by atoms with van der Waals surface area (Å²) in [7, 11) is -4.08. The lowest BCUT2D eigenvalue weighted by molar-refractivity contribution is 0.557. The van der Waals surface area contributed by atoms with Crippen LogP contribution in [0.5, 0.6) is 0 Å². The van der Waals surface area contributed by atoms with Gasteiger partial charge in [-0.1, -0.05) is 11.6 Å². The molecule has 0 atom stereocenters. The Morgan fingerprint density at radius 2 is 2.00 bits per heavy atom. The average Bonchev–Trinajstić information content (AvgIpc) is 2.32. The molecule has 1 N–H and O–H groups in total. The predicted molar refractivity (Wildman–Crippen MR) is 64.3 cm³/mol. The van der Waals surface area contributed by atoms with Crippen molar-refractivity contribution in [2.24, 2.45) is 0 Å². The van der Waals surface area contributed by atoms with Gasteiger partial charge in [-0.2, -0.15) is 8.42 Å². The van der Waals surface area contributed by atoms with Gasteiger partial charge in [0.25, 0.3) is 10.0 Å². The topological polar surface area (TPSA) is 72.0 Å². The summed E-state index contributed by atoms with van der Waals surface area (Å²) in [6, 6.07) is 5.14. The van der Waals surface area contributed by atoms with Crippen molar-refractivity contribution in [2.75, 3.05) is 4.72 Å². The van der Waals surface area contributed by atoms with Crippen LogP contribution in [-0.2, 0) is 10.0 Å². The fourth-order valence-corrected chi connectivity index (χ4v) is 2.37. The van der Waals surface area contributed by atoms with Crippen LogP contribution in [-0.4, -0.2) is 18.4 Å². The fourth-order valence-electron chi connectivity index (χ4n) is 1.21. The third kappa shape index (κ3) is 2.74. The molecular weight excluding hydrogens is 281 g/mol. The SMILES string of the molecule is O=S(=O)(Nc1ccc(Cl)nc1)c1ncccc1F. The van der Waals surface area contributed by atoms with Gasteiger partial charge in [0.15, 0.2) is 5.82 Å². The largest absolute Gasteiger partial charge is 0.282 e. The predicted octanol–water partition coefficient (Wildman–Crippen LogP) is 2.07. The smallest absolute Gasteiger partial charge is 0.277 e. The highest BCUT2D eigenvalue weighted by molar-refractivity contribution is 7.92. The van der Waals surface area contributed by atoms with Crippen molar-refractivity contribution in [1.29, 1.82) is 0 Å². The quantitative estimate of drug-likeness (QED) is 0.877. The summed E-state index contributed by atoms with van der Waals surface area (Å²) >= 11 is 5.56. The molecule has 0 aliphatic heterocycles. The molecule has 0 aliphatic carbocycles. The Bertz CT molecular complexity index is 661. The fraction of sp³-hybridized carbons (Fsp3) is 0. The molecule has 2 heterocycles. The minimum atomic E-state index is -4.08. The Hall–Kier alpha value is -1.73. The maximum absolute atomic E-state index is 13.3. The van der Waals surface area contributed by atoms with Gasteiger partial charge in [-0.05, 0) is 24.3 Å². The summed E-state index contributed by atoms with van der Waals surface area (Å²) in [6.45, 7) is 0. The van der Waals surface area contributed by atoms with E-state index in [0.717, 1.165) is 6.07 Å². The zero-order valence-electron chi connectivity index (χ0n) is 8.84. The van der Waals surface area contributed by atoms with Gasteiger partial charge in [0.05, 0.1) is 11.9 Å². The first-order chi connectivity index (χ1) is 8.49. The summed E-state index contributed by atoms with van der Waals surface area (Å²) in [6.07, 6.45) is 2.42. The van der Waals surface area contributed by atoms with E-state index in [0.29, 0.717) is 0 Å². The lowest BCUT2D eigenvalue weighted by Gasteiger charge is -2.07. The minimum absolute atomic E-state index is 0.171. The molecule has 0 bridgehead atoms. The van der Waals surface area contributed by atoms with Crippen LogP contribution in [0.2, 0.25) is 5.15 Å².